The molecule has 0 saturated heterocycles. The van der Waals surface area contributed by atoms with E-state index in [1.54, 1.807) is 13.1 Å². The van der Waals surface area contributed by atoms with E-state index in [9.17, 15) is 4.79 Å². The largest absolute Gasteiger partial charge is 0.368 e. The molecule has 0 aliphatic heterocycles. The van der Waals surface area contributed by atoms with Crippen LogP contribution in [0.15, 0.2) is 18.3 Å². The Hall–Kier alpha value is -2.50. The summed E-state index contributed by atoms with van der Waals surface area (Å²) in [6.45, 7) is 3.74. The number of primary amides is 1. The van der Waals surface area contributed by atoms with Crippen LogP contribution < -0.4 is 11.1 Å². The number of nitrogens with one attached hydrogen (secondary N) is 1. The number of carbonyl (C=O) groups excluding carboxylic acids is 1. The van der Waals surface area contributed by atoms with Gasteiger partial charge in [0.2, 0.25) is 5.91 Å². The lowest BCUT2D eigenvalue weighted by molar-refractivity contribution is -0.118. The average molecular weight is 297 g/mol. The molecule has 0 saturated carbocycles. The van der Waals surface area contributed by atoms with Gasteiger partial charge in [0, 0.05) is 17.5 Å². The number of fused-ring (bicyclic) bond motifs is 1. The van der Waals surface area contributed by atoms with E-state index in [4.69, 9.17) is 5.73 Å². The van der Waals surface area contributed by atoms with Crippen LogP contribution in [-0.2, 0) is 17.6 Å². The standard InChI is InChI=1S/C16H19N5O/c1-9-6-7-18-13(8-9)16-20-12-5-3-4-11(12)15(21-16)19-10(2)14(17)22/h6-8,10H,3-5H2,1-2H3,(H2,17,22)(H,19,20,21). The van der Waals surface area contributed by atoms with Crippen LogP contribution in [0.1, 0.15) is 30.2 Å². The summed E-state index contributed by atoms with van der Waals surface area (Å²) in [6, 6.07) is 3.42. The molecular weight excluding hydrogens is 278 g/mol. The highest BCUT2D eigenvalue weighted by atomic mass is 16.1. The summed E-state index contributed by atoms with van der Waals surface area (Å²) in [4.78, 5) is 24.9. The third kappa shape index (κ3) is 2.77. The molecule has 0 aromatic carbocycles. The van der Waals surface area contributed by atoms with Crippen LogP contribution in [0.5, 0.6) is 0 Å². The fourth-order valence-corrected chi connectivity index (χ4v) is 2.60. The number of nitrogens with zero attached hydrogens (tertiary/aromatic N) is 3. The SMILES string of the molecule is Cc1ccnc(-c2nc3c(c(NC(C)C(N)=O)n2)CCC3)c1. The zero-order chi connectivity index (χ0) is 15.7. The molecule has 3 N–H and O–H groups in total. The van der Waals surface area contributed by atoms with Gasteiger partial charge >= 0.3 is 0 Å². The predicted octanol–water partition coefficient (Wildman–Crippen LogP) is 1.62. The van der Waals surface area contributed by atoms with E-state index in [0.717, 1.165) is 41.8 Å². The van der Waals surface area contributed by atoms with Crippen molar-refractivity contribution in [2.75, 3.05) is 5.32 Å². The third-order valence-corrected chi connectivity index (χ3v) is 3.86. The zero-order valence-electron chi connectivity index (χ0n) is 12.8. The van der Waals surface area contributed by atoms with Gasteiger partial charge in [0.25, 0.3) is 0 Å². The molecule has 3 rings (SSSR count). The summed E-state index contributed by atoms with van der Waals surface area (Å²) in [6.07, 6.45) is 4.65. The summed E-state index contributed by atoms with van der Waals surface area (Å²) in [5.74, 6) is 0.885. The monoisotopic (exact) mass is 297 g/mol. The van der Waals surface area contributed by atoms with Crippen molar-refractivity contribution in [1.29, 1.82) is 0 Å². The van der Waals surface area contributed by atoms with Gasteiger partial charge in [-0.3, -0.25) is 9.78 Å². The Kier molecular flexibility index (Phi) is 3.75. The maximum atomic E-state index is 11.3. The van der Waals surface area contributed by atoms with Crippen molar-refractivity contribution in [3.8, 4) is 11.5 Å². The van der Waals surface area contributed by atoms with Crippen molar-refractivity contribution in [2.45, 2.75) is 39.2 Å². The third-order valence-electron chi connectivity index (χ3n) is 3.86. The molecule has 2 aromatic rings. The van der Waals surface area contributed by atoms with Gasteiger partial charge in [0.15, 0.2) is 5.82 Å². The summed E-state index contributed by atoms with van der Waals surface area (Å²) in [7, 11) is 0. The van der Waals surface area contributed by atoms with Gasteiger partial charge in [-0.1, -0.05) is 0 Å². The minimum absolute atomic E-state index is 0.402. The van der Waals surface area contributed by atoms with E-state index >= 15 is 0 Å². The number of anilines is 1. The number of pyridine rings is 1. The lowest BCUT2D eigenvalue weighted by atomic mass is 10.2. The molecule has 0 bridgehead atoms. The molecule has 0 spiro atoms. The summed E-state index contributed by atoms with van der Waals surface area (Å²) >= 11 is 0. The van der Waals surface area contributed by atoms with Gasteiger partial charge in [-0.25, -0.2) is 9.97 Å². The number of hydrogen-bond acceptors (Lipinski definition) is 5. The molecule has 0 fully saturated rings. The molecule has 1 unspecified atom stereocenters. The van der Waals surface area contributed by atoms with Crippen molar-refractivity contribution in [3.63, 3.8) is 0 Å². The van der Waals surface area contributed by atoms with Gasteiger partial charge in [0.05, 0.1) is 0 Å². The fraction of sp³-hybridized carbons (Fsp3) is 0.375. The Morgan fingerprint density at radius 1 is 1.36 bits per heavy atom. The second kappa shape index (κ2) is 5.71. The number of nitrogens with two attached hydrogens (primary N) is 1. The summed E-state index contributed by atoms with van der Waals surface area (Å²) in [5.41, 5.74) is 9.31. The van der Waals surface area contributed by atoms with E-state index in [0.29, 0.717) is 11.6 Å². The van der Waals surface area contributed by atoms with E-state index in [-0.39, 0.29) is 0 Å². The van der Waals surface area contributed by atoms with Crippen LogP contribution in [0.4, 0.5) is 5.82 Å². The maximum absolute atomic E-state index is 11.3. The second-order valence-electron chi connectivity index (χ2n) is 5.66. The predicted molar refractivity (Wildman–Crippen MR) is 84.3 cm³/mol. The second-order valence-corrected chi connectivity index (χ2v) is 5.66. The van der Waals surface area contributed by atoms with Gasteiger partial charge in [-0.05, 0) is 50.8 Å². The lowest BCUT2D eigenvalue weighted by Gasteiger charge is -2.15. The molecular formula is C16H19N5O. The van der Waals surface area contributed by atoms with Crippen molar-refractivity contribution in [2.24, 2.45) is 5.73 Å². The smallest absolute Gasteiger partial charge is 0.239 e. The number of hydrogen-bond donors (Lipinski definition) is 2. The molecule has 1 atom stereocenters. The lowest BCUT2D eigenvalue weighted by Crippen LogP contribution is -2.33. The van der Waals surface area contributed by atoms with Crippen molar-refractivity contribution < 1.29 is 4.79 Å². The molecule has 6 nitrogen and oxygen atoms in total. The highest BCUT2D eigenvalue weighted by Gasteiger charge is 2.22. The molecule has 1 aliphatic rings. The van der Waals surface area contributed by atoms with E-state index in [2.05, 4.69) is 20.3 Å². The molecule has 0 radical (unpaired) electrons. The van der Waals surface area contributed by atoms with Crippen molar-refractivity contribution in [3.05, 3.63) is 35.2 Å². The molecule has 1 aliphatic carbocycles. The van der Waals surface area contributed by atoms with Gasteiger partial charge < -0.3 is 11.1 Å². The van der Waals surface area contributed by atoms with Crippen LogP contribution >= 0.6 is 0 Å². The Morgan fingerprint density at radius 3 is 2.91 bits per heavy atom. The Balaban J connectivity index is 2.04. The van der Waals surface area contributed by atoms with E-state index in [1.165, 1.54) is 0 Å². The highest BCUT2D eigenvalue weighted by molar-refractivity contribution is 5.82. The first-order valence-electron chi connectivity index (χ1n) is 7.43. The van der Waals surface area contributed by atoms with Crippen LogP contribution in [0.25, 0.3) is 11.5 Å². The molecule has 22 heavy (non-hydrogen) atoms. The molecule has 2 heterocycles. The average Bonchev–Trinajstić information content (AvgIpc) is 2.95. The number of rotatable bonds is 4. The minimum Gasteiger partial charge on any atom is -0.368 e. The molecule has 2 aromatic heterocycles. The fourth-order valence-electron chi connectivity index (χ4n) is 2.60. The van der Waals surface area contributed by atoms with Gasteiger partial charge in [-0.2, -0.15) is 0 Å². The first-order chi connectivity index (χ1) is 10.5. The van der Waals surface area contributed by atoms with E-state index < -0.39 is 11.9 Å². The van der Waals surface area contributed by atoms with Crippen molar-refractivity contribution in [1.82, 2.24) is 15.0 Å². The van der Waals surface area contributed by atoms with Crippen molar-refractivity contribution >= 4 is 11.7 Å². The molecule has 114 valence electrons. The quantitative estimate of drug-likeness (QED) is 0.894. The number of amides is 1. The number of carbonyl (C=O) groups is 1. The normalized spacial score (nSPS) is 14.5. The first-order valence-corrected chi connectivity index (χ1v) is 7.43. The number of aryl methyl sites for hydroxylation is 2. The number of aromatic nitrogens is 3. The molecule has 1 amide bonds. The van der Waals surface area contributed by atoms with Gasteiger partial charge in [0.1, 0.15) is 17.6 Å². The first kappa shape index (κ1) is 14.4. The maximum Gasteiger partial charge on any atom is 0.239 e. The van der Waals surface area contributed by atoms with Crippen LogP contribution in [-0.4, -0.2) is 26.9 Å². The Labute approximate surface area is 129 Å². The Morgan fingerprint density at radius 2 is 2.18 bits per heavy atom. The van der Waals surface area contributed by atoms with Crippen LogP contribution in [0.2, 0.25) is 0 Å². The van der Waals surface area contributed by atoms with E-state index in [1.807, 2.05) is 19.1 Å². The van der Waals surface area contributed by atoms with Gasteiger partial charge in [-0.15, -0.1) is 0 Å². The molecule has 6 heteroatoms. The summed E-state index contributed by atoms with van der Waals surface area (Å²) in [5, 5.41) is 3.11. The van der Waals surface area contributed by atoms with Crippen LogP contribution in [0.3, 0.4) is 0 Å². The summed E-state index contributed by atoms with van der Waals surface area (Å²) < 4.78 is 0. The highest BCUT2D eigenvalue weighted by Crippen LogP contribution is 2.29. The van der Waals surface area contributed by atoms with Crippen LogP contribution in [0, 0.1) is 6.92 Å². The topological polar surface area (TPSA) is 93.8 Å². The minimum atomic E-state index is -0.474. The zero-order valence-corrected chi connectivity index (χ0v) is 12.8. The Bertz CT molecular complexity index is 728.